The van der Waals surface area contributed by atoms with Crippen molar-refractivity contribution in [1.82, 2.24) is 38.9 Å². The van der Waals surface area contributed by atoms with Gasteiger partial charge in [0.15, 0.2) is 22.9 Å². The molecule has 18 nitrogen and oxygen atoms in total. The molecule has 0 bridgehead atoms. The van der Waals surface area contributed by atoms with Crippen molar-refractivity contribution < 1.29 is 60.4 Å². The van der Waals surface area contributed by atoms with E-state index in [0.29, 0.717) is 88.2 Å². The molecule has 0 aliphatic rings. The third-order valence-corrected chi connectivity index (χ3v) is 11.7. The van der Waals surface area contributed by atoms with Crippen LogP contribution in [0.4, 0.5) is 38.0 Å². The van der Waals surface area contributed by atoms with Crippen LogP contribution in [0.25, 0.3) is 61.5 Å². The molecule has 5 heterocycles. The van der Waals surface area contributed by atoms with Crippen molar-refractivity contribution in [2.75, 3.05) is 58.3 Å². The molecule has 10 aromatic rings. The number of carbonyl (C=O) groups excluding carboxylic acids is 1. The van der Waals surface area contributed by atoms with Crippen LogP contribution in [-0.2, 0) is 12.4 Å². The lowest BCUT2D eigenvalue weighted by Crippen LogP contribution is -2.09. The molecule has 0 amide bonds. The first kappa shape index (κ1) is 57.9. The number of aromatic nitrogens is 8. The zero-order valence-electron chi connectivity index (χ0n) is 42.9. The molecule has 0 unspecified atom stereocenters. The number of nitrogens with zero attached hydrogens (tertiary/aromatic N) is 9. The number of alkyl halides is 6. The van der Waals surface area contributed by atoms with Gasteiger partial charge in [-0.25, -0.2) is 19.9 Å². The molecule has 0 aliphatic heterocycles. The van der Waals surface area contributed by atoms with E-state index in [0.717, 1.165) is 58.9 Å². The Labute approximate surface area is 452 Å². The molecule has 0 saturated carbocycles. The highest BCUT2D eigenvalue weighted by Crippen LogP contribution is 2.35. The van der Waals surface area contributed by atoms with Crippen LogP contribution >= 0.6 is 0 Å². The SMILES string of the molecule is C#Cc1cnc2c(NCCCO)nc3cc(C(F)(F)F)ccc3n12.COc1ccc(-c2cc(-c3cnc4c(NCCCO)nc5cc(C(F)(F)F)ccc5n34)[nH]n2)cc1.COc1ccc(C=O)cc1.COc1ccc(C=[N+]=[N-])cc1. The van der Waals surface area contributed by atoms with Crippen molar-refractivity contribution in [3.63, 3.8) is 0 Å². The van der Waals surface area contributed by atoms with Gasteiger partial charge in [-0.3, -0.25) is 18.7 Å². The maximum absolute atomic E-state index is 13.4. The Kier molecular flexibility index (Phi) is 19.2. The van der Waals surface area contributed by atoms with Crippen LogP contribution in [0.2, 0.25) is 0 Å². The highest BCUT2D eigenvalue weighted by molar-refractivity contribution is 5.87. The predicted molar refractivity (Wildman–Crippen MR) is 289 cm³/mol. The summed E-state index contributed by atoms with van der Waals surface area (Å²) < 4.78 is 97.3. The summed E-state index contributed by atoms with van der Waals surface area (Å²) in [6.45, 7) is 0.746. The Hall–Kier alpha value is -9.82. The van der Waals surface area contributed by atoms with Gasteiger partial charge in [0, 0.05) is 37.4 Å². The quantitative estimate of drug-likeness (QED) is 0.0122. The van der Waals surface area contributed by atoms with E-state index in [2.05, 4.69) is 51.5 Å². The average molecular weight is 1100 g/mol. The van der Waals surface area contributed by atoms with Crippen molar-refractivity contribution in [3.05, 3.63) is 161 Å². The molecule has 0 fully saturated rings. The maximum atomic E-state index is 13.4. The fourth-order valence-corrected chi connectivity index (χ4v) is 7.73. The third kappa shape index (κ3) is 14.0. The molecule has 5 aromatic carbocycles. The number of halogens is 6. The minimum Gasteiger partial charge on any atom is -0.497 e. The van der Waals surface area contributed by atoms with Crippen LogP contribution in [0.1, 0.15) is 45.6 Å². The number of aliphatic hydroxyl groups excluding tert-OH is 2. The maximum Gasteiger partial charge on any atom is 0.416 e. The van der Waals surface area contributed by atoms with Gasteiger partial charge in [-0.2, -0.15) is 36.2 Å². The molecule has 0 radical (unpaired) electrons. The number of aromatic amines is 1. The summed E-state index contributed by atoms with van der Waals surface area (Å²) in [6.07, 6.45) is 2.67. The van der Waals surface area contributed by atoms with E-state index >= 15 is 0 Å². The monoisotopic (exact) mass is 1100 g/mol. The second kappa shape index (κ2) is 26.5. The zero-order valence-corrected chi connectivity index (χ0v) is 42.9. The topological polar surface area (TPSA) is 235 Å². The van der Waals surface area contributed by atoms with Crippen molar-refractivity contribution in [2.24, 2.45) is 0 Å². The van der Waals surface area contributed by atoms with Crippen molar-refractivity contribution in [2.45, 2.75) is 25.2 Å². The van der Waals surface area contributed by atoms with Crippen LogP contribution < -0.4 is 24.8 Å². The van der Waals surface area contributed by atoms with Crippen LogP contribution in [0.5, 0.6) is 17.2 Å². The van der Waals surface area contributed by atoms with Crippen molar-refractivity contribution >= 4 is 57.5 Å². The number of benzene rings is 5. The summed E-state index contributed by atoms with van der Waals surface area (Å²) >= 11 is 0. The van der Waals surface area contributed by atoms with Gasteiger partial charge in [-0.15, -0.1) is 6.42 Å². The molecule has 10 rings (SSSR count). The number of aldehydes is 1. The smallest absolute Gasteiger partial charge is 0.416 e. The van der Waals surface area contributed by atoms with E-state index in [1.54, 1.807) is 84.9 Å². The molecular weight excluding hydrogens is 1050 g/mol. The van der Waals surface area contributed by atoms with E-state index in [-0.39, 0.29) is 24.2 Å². The molecule has 80 heavy (non-hydrogen) atoms. The number of hydrogen-bond donors (Lipinski definition) is 5. The number of terminal acetylenes is 1. The molecule has 0 saturated heterocycles. The molecule has 0 aliphatic carbocycles. The molecular formula is C56H50F6N12O6. The first-order valence-corrected chi connectivity index (χ1v) is 24.1. The van der Waals surface area contributed by atoms with Gasteiger partial charge in [0.1, 0.15) is 29.2 Å². The molecule has 0 spiro atoms. The highest BCUT2D eigenvalue weighted by Gasteiger charge is 2.32. The molecule has 5 N–H and O–H groups in total. The molecule has 24 heteroatoms. The predicted octanol–water partition coefficient (Wildman–Crippen LogP) is 10.3. The number of nitrogens with one attached hydrogen (secondary N) is 3. The van der Waals surface area contributed by atoms with Gasteiger partial charge in [-0.1, -0.05) is 5.92 Å². The van der Waals surface area contributed by atoms with Crippen LogP contribution in [-0.4, -0.2) is 114 Å². The Morgan fingerprint density at radius 3 is 1.61 bits per heavy atom. The fourth-order valence-electron chi connectivity index (χ4n) is 7.73. The zero-order chi connectivity index (χ0) is 57.4. The van der Waals surface area contributed by atoms with Crippen LogP contribution in [0.3, 0.4) is 0 Å². The molecule has 0 atom stereocenters. The minimum atomic E-state index is -4.50. The number of aliphatic hydroxyl groups is 2. The summed E-state index contributed by atoms with van der Waals surface area (Å²) in [6, 6.07) is 30.2. The van der Waals surface area contributed by atoms with E-state index in [9.17, 15) is 31.1 Å². The first-order chi connectivity index (χ1) is 38.6. The lowest BCUT2D eigenvalue weighted by molar-refractivity contribution is -0.138. The van der Waals surface area contributed by atoms with E-state index in [1.165, 1.54) is 24.5 Å². The number of anilines is 2. The number of ether oxygens (including phenoxy) is 3. The van der Waals surface area contributed by atoms with Crippen LogP contribution in [0.15, 0.2) is 128 Å². The lowest BCUT2D eigenvalue weighted by atomic mass is 10.1. The second-order valence-electron chi connectivity index (χ2n) is 16.9. The summed E-state index contributed by atoms with van der Waals surface area (Å²) in [5, 5.41) is 31.4. The van der Waals surface area contributed by atoms with Gasteiger partial charge in [-0.05, 0) is 128 Å². The number of methoxy groups -OCH3 is 3. The summed E-state index contributed by atoms with van der Waals surface area (Å²) in [5.41, 5.74) is 13.4. The summed E-state index contributed by atoms with van der Waals surface area (Å²) in [7, 11) is 4.79. The van der Waals surface area contributed by atoms with Gasteiger partial charge >= 0.3 is 12.4 Å². The first-order valence-electron chi connectivity index (χ1n) is 24.1. The normalized spacial score (nSPS) is 11.0. The van der Waals surface area contributed by atoms with E-state index < -0.39 is 23.5 Å². The summed E-state index contributed by atoms with van der Waals surface area (Å²) in [4.78, 5) is 30.4. The average Bonchev–Trinajstić information content (AvgIpc) is 4.30. The van der Waals surface area contributed by atoms with E-state index in [1.807, 2.05) is 30.3 Å². The Morgan fingerprint density at radius 2 is 1.15 bits per heavy atom. The Bertz CT molecular complexity index is 3790. The van der Waals surface area contributed by atoms with Gasteiger partial charge in [0.25, 0.3) is 6.21 Å². The van der Waals surface area contributed by atoms with Gasteiger partial charge in [0.05, 0.1) is 89.6 Å². The van der Waals surface area contributed by atoms with Gasteiger partial charge < -0.3 is 40.6 Å². The lowest BCUT2D eigenvalue weighted by Gasteiger charge is -2.13. The number of imidazole rings is 2. The highest BCUT2D eigenvalue weighted by atomic mass is 19.4. The standard InChI is InChI=1S/C24H21F3N6O2.C16H13F3N4O.C8H8N2O.C8H8O2/c1-35-16-6-3-14(4-7-16)17-12-19(32-31-17)21-13-29-23-22(28-9-2-10-34)30-18-11-15(24(25,26)27)5-8-20(18)33(21)23;1-2-11-9-21-15-14(20-6-3-7-24)22-12-8-10(16(17,18)19)4-5-13(12)23(11)15;1-11-8-4-2-7(3-5-8)6-10-9;1-10-8-4-2-7(6-9)3-5-8/h3-8,11-13,34H,2,9-10H2,1H3,(H,28,30)(H,31,32);1,4-5,8-9,24H,3,6-7H2,(H,20,22);2-6H,1H3;2-6H,1H3. The van der Waals surface area contributed by atoms with Crippen LogP contribution in [0, 0.1) is 12.3 Å². The number of rotatable bonds is 15. The van der Waals surface area contributed by atoms with Crippen molar-refractivity contribution in [3.8, 4) is 52.2 Å². The Morgan fingerprint density at radius 1 is 0.675 bits per heavy atom. The number of H-pyrrole nitrogens is 1. The number of hydrogen-bond acceptors (Lipinski definition) is 13. The molecule has 5 aromatic heterocycles. The third-order valence-electron chi connectivity index (χ3n) is 11.7. The second-order valence-corrected chi connectivity index (χ2v) is 16.9. The van der Waals surface area contributed by atoms with Crippen molar-refractivity contribution in [1.29, 1.82) is 0 Å². The Balaban J connectivity index is 0.000000176. The number of fused-ring (bicyclic) bond motifs is 6. The number of carbonyl (C=O) groups is 1. The minimum absolute atomic E-state index is 0.0147. The molecule has 412 valence electrons. The van der Waals surface area contributed by atoms with E-state index in [4.69, 9.17) is 36.4 Å². The largest absolute Gasteiger partial charge is 0.497 e. The van der Waals surface area contributed by atoms with Gasteiger partial charge in [0.2, 0.25) is 0 Å². The summed E-state index contributed by atoms with van der Waals surface area (Å²) in [5.74, 6) is 5.39. The fraction of sp³-hybridized carbons (Fsp3) is 0.196.